The number of anilines is 1. The van der Waals surface area contributed by atoms with Crippen LogP contribution in [0.2, 0.25) is 0 Å². The molecule has 5 heteroatoms. The van der Waals surface area contributed by atoms with E-state index in [-0.39, 0.29) is 24.0 Å². The molecule has 4 nitrogen and oxygen atoms in total. The second-order valence-corrected chi connectivity index (χ2v) is 5.94. The molecule has 1 fully saturated rings. The number of halogens is 1. The molecule has 0 saturated heterocycles. The summed E-state index contributed by atoms with van der Waals surface area (Å²) in [4.78, 5) is 6.43. The van der Waals surface area contributed by atoms with E-state index in [1.807, 2.05) is 7.05 Å². The van der Waals surface area contributed by atoms with Gasteiger partial charge in [0.15, 0.2) is 5.96 Å². The first-order chi connectivity index (χ1) is 10.2. The highest BCUT2D eigenvalue weighted by Crippen LogP contribution is 2.17. The minimum Gasteiger partial charge on any atom is -0.378 e. The number of nitrogens with one attached hydrogen (secondary N) is 2. The van der Waals surface area contributed by atoms with Gasteiger partial charge in [-0.3, -0.25) is 4.99 Å². The normalized spacial score (nSPS) is 15.3. The third-order valence-corrected chi connectivity index (χ3v) is 4.08. The van der Waals surface area contributed by atoms with E-state index >= 15 is 0 Å². The smallest absolute Gasteiger partial charge is 0.191 e. The molecule has 0 heterocycles. The lowest BCUT2D eigenvalue weighted by Gasteiger charge is -2.17. The minimum atomic E-state index is 0. The van der Waals surface area contributed by atoms with Crippen LogP contribution in [0.25, 0.3) is 0 Å². The predicted molar refractivity (Wildman–Crippen MR) is 107 cm³/mol. The molecule has 124 valence electrons. The second-order valence-electron chi connectivity index (χ2n) is 5.94. The molecule has 0 spiro atoms. The number of hydrogen-bond acceptors (Lipinski definition) is 2. The van der Waals surface area contributed by atoms with Gasteiger partial charge in [0.05, 0.1) is 0 Å². The Bertz CT molecular complexity index is 450. The van der Waals surface area contributed by atoms with Crippen molar-refractivity contribution in [1.29, 1.82) is 0 Å². The molecule has 0 atom stereocenters. The van der Waals surface area contributed by atoms with E-state index in [2.05, 4.69) is 58.9 Å². The lowest BCUT2D eigenvalue weighted by molar-refractivity contribution is 0.613. The predicted octanol–water partition coefficient (Wildman–Crippen LogP) is 3.02. The van der Waals surface area contributed by atoms with Crippen LogP contribution in [0.4, 0.5) is 5.69 Å². The van der Waals surface area contributed by atoms with Gasteiger partial charge < -0.3 is 15.5 Å². The van der Waals surface area contributed by atoms with Crippen molar-refractivity contribution < 1.29 is 0 Å². The molecular weight excluding hydrogens is 387 g/mol. The molecule has 0 aromatic heterocycles. The summed E-state index contributed by atoms with van der Waals surface area (Å²) in [6.45, 7) is 0.910. The first-order valence-corrected chi connectivity index (χ1v) is 7.92. The summed E-state index contributed by atoms with van der Waals surface area (Å²) in [6, 6.07) is 9.34. The lowest BCUT2D eigenvalue weighted by atomic mass is 10.1. The van der Waals surface area contributed by atoms with Gasteiger partial charge in [-0.15, -0.1) is 24.0 Å². The molecule has 1 aromatic carbocycles. The Morgan fingerprint density at radius 3 is 2.36 bits per heavy atom. The van der Waals surface area contributed by atoms with Crippen LogP contribution in [-0.2, 0) is 6.42 Å². The average molecular weight is 416 g/mol. The highest BCUT2D eigenvalue weighted by Gasteiger charge is 2.15. The Balaban J connectivity index is 0.00000242. The zero-order chi connectivity index (χ0) is 15.1. The van der Waals surface area contributed by atoms with Crippen molar-refractivity contribution in [2.75, 3.05) is 32.6 Å². The van der Waals surface area contributed by atoms with Crippen LogP contribution in [0.3, 0.4) is 0 Å². The Labute approximate surface area is 151 Å². The van der Waals surface area contributed by atoms with Crippen LogP contribution >= 0.6 is 24.0 Å². The number of aliphatic imine (C=N–C) groups is 1. The zero-order valence-corrected chi connectivity index (χ0v) is 16.3. The minimum absolute atomic E-state index is 0. The SMILES string of the molecule is CN=C(NCCc1ccc(N(C)C)cc1)NC1CCCC1.I. The van der Waals surface area contributed by atoms with Crippen molar-refractivity contribution in [2.24, 2.45) is 4.99 Å². The summed E-state index contributed by atoms with van der Waals surface area (Å²) in [5, 5.41) is 6.92. The fraction of sp³-hybridized carbons (Fsp3) is 0.588. The zero-order valence-electron chi connectivity index (χ0n) is 13.9. The fourth-order valence-corrected chi connectivity index (χ4v) is 2.74. The van der Waals surface area contributed by atoms with Gasteiger partial charge in [-0.25, -0.2) is 0 Å². The van der Waals surface area contributed by atoms with Gasteiger partial charge in [-0.1, -0.05) is 25.0 Å². The van der Waals surface area contributed by atoms with Crippen molar-refractivity contribution in [3.05, 3.63) is 29.8 Å². The average Bonchev–Trinajstić information content (AvgIpc) is 2.99. The Morgan fingerprint density at radius 2 is 1.82 bits per heavy atom. The van der Waals surface area contributed by atoms with E-state index in [9.17, 15) is 0 Å². The van der Waals surface area contributed by atoms with Gasteiger partial charge in [0.25, 0.3) is 0 Å². The van der Waals surface area contributed by atoms with Crippen LogP contribution in [0, 0.1) is 0 Å². The topological polar surface area (TPSA) is 39.7 Å². The van der Waals surface area contributed by atoms with Gasteiger partial charge >= 0.3 is 0 Å². The summed E-state index contributed by atoms with van der Waals surface area (Å²) in [6.07, 6.45) is 6.23. The Morgan fingerprint density at radius 1 is 1.18 bits per heavy atom. The van der Waals surface area contributed by atoms with Crippen molar-refractivity contribution in [2.45, 2.75) is 38.1 Å². The van der Waals surface area contributed by atoms with Crippen LogP contribution in [-0.4, -0.2) is 39.7 Å². The van der Waals surface area contributed by atoms with Crippen molar-refractivity contribution >= 4 is 35.6 Å². The number of guanidine groups is 1. The first kappa shape index (κ1) is 19.1. The molecule has 0 radical (unpaired) electrons. The molecule has 0 unspecified atom stereocenters. The largest absolute Gasteiger partial charge is 0.378 e. The monoisotopic (exact) mass is 416 g/mol. The van der Waals surface area contributed by atoms with Crippen LogP contribution in [0.15, 0.2) is 29.3 Å². The fourth-order valence-electron chi connectivity index (χ4n) is 2.74. The summed E-state index contributed by atoms with van der Waals surface area (Å²) in [5.41, 5.74) is 2.59. The van der Waals surface area contributed by atoms with Gasteiger partial charge in [-0.2, -0.15) is 0 Å². The van der Waals surface area contributed by atoms with E-state index < -0.39 is 0 Å². The standard InChI is InChI=1S/C17H28N4.HI/c1-18-17(20-15-6-4-5-7-15)19-13-12-14-8-10-16(11-9-14)21(2)3;/h8-11,15H,4-7,12-13H2,1-3H3,(H2,18,19,20);1H. The quantitative estimate of drug-likeness (QED) is 0.441. The molecule has 0 aliphatic heterocycles. The summed E-state index contributed by atoms with van der Waals surface area (Å²) in [7, 11) is 5.97. The van der Waals surface area contributed by atoms with E-state index in [0.717, 1.165) is 18.9 Å². The number of benzene rings is 1. The molecule has 22 heavy (non-hydrogen) atoms. The molecule has 0 amide bonds. The number of nitrogens with zero attached hydrogens (tertiary/aromatic N) is 2. The maximum atomic E-state index is 4.31. The van der Waals surface area contributed by atoms with Crippen molar-refractivity contribution in [3.63, 3.8) is 0 Å². The highest BCUT2D eigenvalue weighted by atomic mass is 127. The Kier molecular flexibility index (Phi) is 8.60. The second kappa shape index (κ2) is 9.92. The number of rotatable bonds is 5. The van der Waals surface area contributed by atoms with E-state index in [1.54, 1.807) is 0 Å². The first-order valence-electron chi connectivity index (χ1n) is 7.92. The van der Waals surface area contributed by atoms with E-state index in [0.29, 0.717) is 6.04 Å². The van der Waals surface area contributed by atoms with Crippen molar-refractivity contribution in [1.82, 2.24) is 10.6 Å². The highest BCUT2D eigenvalue weighted by molar-refractivity contribution is 14.0. The summed E-state index contributed by atoms with van der Waals surface area (Å²) < 4.78 is 0. The maximum Gasteiger partial charge on any atom is 0.191 e. The molecule has 1 aliphatic rings. The van der Waals surface area contributed by atoms with Crippen LogP contribution in [0.1, 0.15) is 31.2 Å². The number of hydrogen-bond donors (Lipinski definition) is 2. The van der Waals surface area contributed by atoms with E-state index in [4.69, 9.17) is 0 Å². The third-order valence-electron chi connectivity index (χ3n) is 4.08. The van der Waals surface area contributed by atoms with E-state index in [1.165, 1.54) is 36.9 Å². The molecule has 2 N–H and O–H groups in total. The Hall–Kier alpha value is -0.980. The van der Waals surface area contributed by atoms with Gasteiger partial charge in [0.1, 0.15) is 0 Å². The molecule has 2 rings (SSSR count). The van der Waals surface area contributed by atoms with Crippen LogP contribution in [0.5, 0.6) is 0 Å². The molecule has 1 saturated carbocycles. The summed E-state index contributed by atoms with van der Waals surface area (Å²) in [5.74, 6) is 0.937. The molecule has 0 bridgehead atoms. The van der Waals surface area contributed by atoms with Gasteiger partial charge in [-0.05, 0) is 37.0 Å². The van der Waals surface area contributed by atoms with Crippen LogP contribution < -0.4 is 15.5 Å². The van der Waals surface area contributed by atoms with Crippen molar-refractivity contribution in [3.8, 4) is 0 Å². The lowest BCUT2D eigenvalue weighted by Crippen LogP contribution is -2.42. The molecule has 1 aromatic rings. The van der Waals surface area contributed by atoms with Gasteiger partial charge in [0.2, 0.25) is 0 Å². The van der Waals surface area contributed by atoms with Gasteiger partial charge in [0, 0.05) is 39.4 Å². The maximum absolute atomic E-state index is 4.31. The molecule has 1 aliphatic carbocycles. The molecular formula is C17H29IN4. The third kappa shape index (κ3) is 6.02. The summed E-state index contributed by atoms with van der Waals surface area (Å²) >= 11 is 0.